The number of barbiturate groups is 1. The maximum Gasteiger partial charge on any atom is 0.331 e. The molecule has 0 aliphatic carbocycles. The van der Waals surface area contributed by atoms with Gasteiger partial charge in [0.05, 0.1) is 6.54 Å². The minimum Gasteiger partial charge on any atom is -0.277 e. The smallest absolute Gasteiger partial charge is 0.277 e. The topological polar surface area (TPSA) is 66.5 Å². The third-order valence-electron chi connectivity index (χ3n) is 4.84. The SMILES string of the molecule is O=C1NC(=O)N(Cc2ccccc2)C(=O)[C@@H]1Cc1cccc2ccccc12. The number of benzene rings is 3. The number of rotatable bonds is 4. The van der Waals surface area contributed by atoms with Crippen molar-refractivity contribution < 1.29 is 14.4 Å². The molecule has 0 spiro atoms. The molecule has 1 aliphatic heterocycles. The summed E-state index contributed by atoms with van der Waals surface area (Å²) in [7, 11) is 0. The number of hydrogen-bond acceptors (Lipinski definition) is 3. The lowest BCUT2D eigenvalue weighted by atomic mass is 9.92. The molecular weight excluding hydrogens is 340 g/mol. The highest BCUT2D eigenvalue weighted by molar-refractivity contribution is 6.16. The first-order chi connectivity index (χ1) is 13.1. The maximum absolute atomic E-state index is 12.9. The lowest BCUT2D eigenvalue weighted by molar-refractivity contribution is -0.142. The van der Waals surface area contributed by atoms with E-state index < -0.39 is 23.8 Å². The highest BCUT2D eigenvalue weighted by Gasteiger charge is 2.40. The zero-order chi connectivity index (χ0) is 18.8. The van der Waals surface area contributed by atoms with Crippen LogP contribution in [-0.4, -0.2) is 22.7 Å². The molecule has 4 rings (SSSR count). The second kappa shape index (κ2) is 7.03. The average Bonchev–Trinajstić information content (AvgIpc) is 2.69. The van der Waals surface area contributed by atoms with Gasteiger partial charge in [0.2, 0.25) is 11.8 Å². The van der Waals surface area contributed by atoms with E-state index in [2.05, 4.69) is 5.32 Å². The molecule has 0 unspecified atom stereocenters. The largest absolute Gasteiger partial charge is 0.331 e. The van der Waals surface area contributed by atoms with Gasteiger partial charge in [-0.1, -0.05) is 72.8 Å². The quantitative estimate of drug-likeness (QED) is 0.728. The van der Waals surface area contributed by atoms with Crippen molar-refractivity contribution in [3.05, 3.63) is 83.9 Å². The van der Waals surface area contributed by atoms with E-state index in [1.807, 2.05) is 72.8 Å². The van der Waals surface area contributed by atoms with Gasteiger partial charge >= 0.3 is 6.03 Å². The Labute approximate surface area is 156 Å². The normalized spacial score (nSPS) is 17.3. The highest BCUT2D eigenvalue weighted by atomic mass is 16.2. The Morgan fingerprint density at radius 3 is 2.33 bits per heavy atom. The van der Waals surface area contributed by atoms with Crippen molar-refractivity contribution in [3.63, 3.8) is 0 Å². The van der Waals surface area contributed by atoms with E-state index in [1.165, 1.54) is 0 Å². The Hall–Kier alpha value is -3.47. The number of fused-ring (bicyclic) bond motifs is 1. The molecule has 3 aromatic rings. The highest BCUT2D eigenvalue weighted by Crippen LogP contribution is 2.24. The summed E-state index contributed by atoms with van der Waals surface area (Å²) in [6.45, 7) is 0.144. The third-order valence-corrected chi connectivity index (χ3v) is 4.84. The van der Waals surface area contributed by atoms with Gasteiger partial charge in [0.25, 0.3) is 0 Å². The Balaban J connectivity index is 1.62. The van der Waals surface area contributed by atoms with Crippen LogP contribution in [0.15, 0.2) is 72.8 Å². The molecule has 0 radical (unpaired) electrons. The van der Waals surface area contributed by atoms with Crippen LogP contribution in [0.4, 0.5) is 4.79 Å². The van der Waals surface area contributed by atoms with Crippen LogP contribution in [0.3, 0.4) is 0 Å². The van der Waals surface area contributed by atoms with Gasteiger partial charge in [0.15, 0.2) is 0 Å². The number of urea groups is 1. The van der Waals surface area contributed by atoms with Crippen LogP contribution in [0.25, 0.3) is 10.8 Å². The summed E-state index contributed by atoms with van der Waals surface area (Å²) in [6, 6.07) is 22.3. The molecule has 5 heteroatoms. The van der Waals surface area contributed by atoms with Crippen molar-refractivity contribution in [3.8, 4) is 0 Å². The van der Waals surface area contributed by atoms with Gasteiger partial charge in [0, 0.05) is 0 Å². The second-order valence-electron chi connectivity index (χ2n) is 6.60. The number of carbonyl (C=O) groups excluding carboxylic acids is 3. The van der Waals surface area contributed by atoms with Crippen LogP contribution in [0.1, 0.15) is 11.1 Å². The predicted octanol–water partition coefficient (Wildman–Crippen LogP) is 3.28. The van der Waals surface area contributed by atoms with E-state index >= 15 is 0 Å². The fourth-order valence-corrected chi connectivity index (χ4v) is 3.45. The molecule has 3 aromatic carbocycles. The molecule has 1 fully saturated rings. The van der Waals surface area contributed by atoms with Gasteiger partial charge in [-0.2, -0.15) is 0 Å². The minimum atomic E-state index is -0.919. The van der Waals surface area contributed by atoms with Crippen molar-refractivity contribution >= 4 is 28.6 Å². The molecule has 5 nitrogen and oxygen atoms in total. The maximum atomic E-state index is 12.9. The number of nitrogens with one attached hydrogen (secondary N) is 1. The second-order valence-corrected chi connectivity index (χ2v) is 6.60. The number of nitrogens with zero attached hydrogens (tertiary/aromatic N) is 1. The third kappa shape index (κ3) is 3.31. The fourth-order valence-electron chi connectivity index (χ4n) is 3.45. The molecule has 1 saturated heterocycles. The summed E-state index contributed by atoms with van der Waals surface area (Å²) >= 11 is 0. The van der Waals surface area contributed by atoms with Gasteiger partial charge < -0.3 is 0 Å². The molecule has 1 N–H and O–H groups in total. The number of hydrogen-bond donors (Lipinski definition) is 1. The van der Waals surface area contributed by atoms with Gasteiger partial charge in [-0.25, -0.2) is 4.79 Å². The number of imide groups is 2. The number of amides is 4. The first-order valence-electron chi connectivity index (χ1n) is 8.80. The molecule has 0 aromatic heterocycles. The molecular formula is C22H18N2O3. The van der Waals surface area contributed by atoms with E-state index in [9.17, 15) is 14.4 Å². The van der Waals surface area contributed by atoms with E-state index in [-0.39, 0.29) is 13.0 Å². The predicted molar refractivity (Wildman–Crippen MR) is 102 cm³/mol. The molecule has 0 saturated carbocycles. The first-order valence-corrected chi connectivity index (χ1v) is 8.80. The molecule has 1 heterocycles. The fraction of sp³-hybridized carbons (Fsp3) is 0.136. The van der Waals surface area contributed by atoms with E-state index in [0.29, 0.717) is 0 Å². The number of carbonyl (C=O) groups is 3. The molecule has 0 bridgehead atoms. The van der Waals surface area contributed by atoms with E-state index in [0.717, 1.165) is 26.8 Å². The average molecular weight is 358 g/mol. The van der Waals surface area contributed by atoms with Crippen LogP contribution >= 0.6 is 0 Å². The van der Waals surface area contributed by atoms with Crippen LogP contribution in [0.2, 0.25) is 0 Å². The van der Waals surface area contributed by atoms with Gasteiger partial charge in [-0.15, -0.1) is 0 Å². The van der Waals surface area contributed by atoms with Crippen molar-refractivity contribution in [2.24, 2.45) is 5.92 Å². The molecule has 4 amide bonds. The molecule has 1 atom stereocenters. The Morgan fingerprint density at radius 2 is 1.52 bits per heavy atom. The van der Waals surface area contributed by atoms with Crippen molar-refractivity contribution in [2.45, 2.75) is 13.0 Å². The minimum absolute atomic E-state index is 0.144. The van der Waals surface area contributed by atoms with Crippen molar-refractivity contribution in [2.75, 3.05) is 0 Å². The van der Waals surface area contributed by atoms with Gasteiger partial charge in [0.1, 0.15) is 5.92 Å². The van der Waals surface area contributed by atoms with Crippen LogP contribution in [0, 0.1) is 5.92 Å². The van der Waals surface area contributed by atoms with E-state index in [4.69, 9.17) is 0 Å². The Bertz CT molecular complexity index is 1020. The summed E-state index contributed by atoms with van der Waals surface area (Å²) in [4.78, 5) is 38.6. The standard InChI is InChI=1S/C22H18N2O3/c25-20-19(13-17-11-6-10-16-9-4-5-12-18(16)17)21(26)24(22(27)23-20)14-15-7-2-1-3-8-15/h1-12,19H,13-14H2,(H,23,25,27)/t19-/m1/s1. The summed E-state index contributed by atoms with van der Waals surface area (Å²) in [5, 5.41) is 4.38. The Morgan fingerprint density at radius 1 is 0.815 bits per heavy atom. The summed E-state index contributed by atoms with van der Waals surface area (Å²) < 4.78 is 0. The van der Waals surface area contributed by atoms with Crippen LogP contribution in [-0.2, 0) is 22.6 Å². The Kier molecular flexibility index (Phi) is 4.42. The summed E-state index contributed by atoms with van der Waals surface area (Å²) in [5.41, 5.74) is 1.75. The monoisotopic (exact) mass is 358 g/mol. The van der Waals surface area contributed by atoms with E-state index in [1.54, 1.807) is 0 Å². The van der Waals surface area contributed by atoms with Gasteiger partial charge in [-0.05, 0) is 28.3 Å². The summed E-state index contributed by atoms with van der Waals surface area (Å²) in [5.74, 6) is -1.92. The molecule has 1 aliphatic rings. The van der Waals surface area contributed by atoms with Crippen molar-refractivity contribution in [1.29, 1.82) is 0 Å². The van der Waals surface area contributed by atoms with Gasteiger partial charge in [-0.3, -0.25) is 19.8 Å². The zero-order valence-corrected chi connectivity index (χ0v) is 14.6. The molecule has 27 heavy (non-hydrogen) atoms. The summed E-state index contributed by atoms with van der Waals surface area (Å²) in [6.07, 6.45) is 0.255. The molecule has 134 valence electrons. The first kappa shape index (κ1) is 17.0. The van der Waals surface area contributed by atoms with Crippen molar-refractivity contribution in [1.82, 2.24) is 10.2 Å². The van der Waals surface area contributed by atoms with Crippen LogP contribution < -0.4 is 5.32 Å². The zero-order valence-electron chi connectivity index (χ0n) is 14.6. The van der Waals surface area contributed by atoms with Crippen LogP contribution in [0.5, 0.6) is 0 Å². The lowest BCUT2D eigenvalue weighted by Gasteiger charge is -2.30. The lowest BCUT2D eigenvalue weighted by Crippen LogP contribution is -2.57.